The molecular weight excluding hydrogens is 231 g/mol. The van der Waals surface area contributed by atoms with Crippen molar-refractivity contribution in [1.82, 2.24) is 4.90 Å². The molecule has 0 saturated carbocycles. The third-order valence-corrected chi connectivity index (χ3v) is 3.02. The topological polar surface area (TPSA) is 12.5 Å². The van der Waals surface area contributed by atoms with Gasteiger partial charge in [0, 0.05) is 24.7 Å². The fourth-order valence-electron chi connectivity index (χ4n) is 1.78. The number of rotatable bonds is 3. The minimum Gasteiger partial charge on any atom is -0.484 e. The van der Waals surface area contributed by atoms with E-state index in [4.69, 9.17) is 4.74 Å². The van der Waals surface area contributed by atoms with E-state index >= 15 is 0 Å². The van der Waals surface area contributed by atoms with Crippen LogP contribution >= 0.6 is 0 Å². The van der Waals surface area contributed by atoms with Crippen LogP contribution in [0.3, 0.4) is 0 Å². The zero-order chi connectivity index (χ0) is 12.6. The summed E-state index contributed by atoms with van der Waals surface area (Å²) >= 11 is 0. The van der Waals surface area contributed by atoms with Crippen LogP contribution in [-0.4, -0.2) is 30.6 Å². The summed E-state index contributed by atoms with van der Waals surface area (Å²) < 4.78 is 45.2. The van der Waals surface area contributed by atoms with Crippen molar-refractivity contribution in [2.45, 2.75) is 20.0 Å². The third kappa shape index (κ3) is 2.24. The number of ether oxygens (including phenoxy) is 1. The average molecular weight is 245 g/mol. The second kappa shape index (κ2) is 4.56. The lowest BCUT2D eigenvalue weighted by Crippen LogP contribution is -2.53. The first-order valence-corrected chi connectivity index (χ1v) is 5.56. The number of hydrogen-bond acceptors (Lipinski definition) is 2. The molecule has 1 aliphatic rings. The SMILES string of the molecule is CCN1CC(Oc2cc(F)c(C)c(F)c2F)C1. The van der Waals surface area contributed by atoms with Gasteiger partial charge < -0.3 is 4.74 Å². The highest BCUT2D eigenvalue weighted by molar-refractivity contribution is 5.32. The van der Waals surface area contributed by atoms with E-state index in [-0.39, 0.29) is 17.4 Å². The first-order chi connectivity index (χ1) is 8.02. The molecule has 0 aromatic heterocycles. The molecule has 94 valence electrons. The summed E-state index contributed by atoms with van der Waals surface area (Å²) in [6.07, 6.45) is -0.189. The first kappa shape index (κ1) is 12.2. The van der Waals surface area contributed by atoms with E-state index in [1.54, 1.807) is 0 Å². The van der Waals surface area contributed by atoms with Gasteiger partial charge in [-0.25, -0.2) is 8.78 Å². The molecule has 0 spiro atoms. The largest absolute Gasteiger partial charge is 0.484 e. The molecule has 0 bridgehead atoms. The summed E-state index contributed by atoms with van der Waals surface area (Å²) in [5.74, 6) is -3.41. The van der Waals surface area contributed by atoms with E-state index in [0.717, 1.165) is 12.6 Å². The normalized spacial score (nSPS) is 17.0. The Morgan fingerprint density at radius 3 is 2.53 bits per heavy atom. The van der Waals surface area contributed by atoms with Gasteiger partial charge in [-0.1, -0.05) is 6.92 Å². The van der Waals surface area contributed by atoms with Crippen LogP contribution in [0.1, 0.15) is 12.5 Å². The molecule has 1 fully saturated rings. The molecule has 0 amide bonds. The molecule has 2 nitrogen and oxygen atoms in total. The molecule has 1 aromatic rings. The molecule has 1 heterocycles. The fraction of sp³-hybridized carbons (Fsp3) is 0.500. The van der Waals surface area contributed by atoms with Gasteiger partial charge in [-0.2, -0.15) is 4.39 Å². The Bertz CT molecular complexity index is 430. The van der Waals surface area contributed by atoms with Gasteiger partial charge in [0.25, 0.3) is 0 Å². The van der Waals surface area contributed by atoms with Gasteiger partial charge in [0.15, 0.2) is 11.6 Å². The smallest absolute Gasteiger partial charge is 0.201 e. The maximum atomic E-state index is 13.5. The lowest BCUT2D eigenvalue weighted by Gasteiger charge is -2.38. The second-order valence-electron chi connectivity index (χ2n) is 4.20. The van der Waals surface area contributed by atoms with E-state index in [1.165, 1.54) is 6.92 Å². The van der Waals surface area contributed by atoms with E-state index in [0.29, 0.717) is 13.1 Å². The minimum absolute atomic E-state index is 0.189. The Hall–Kier alpha value is -1.23. The van der Waals surface area contributed by atoms with Crippen LogP contribution in [-0.2, 0) is 0 Å². The fourth-order valence-corrected chi connectivity index (χ4v) is 1.78. The number of halogens is 3. The summed E-state index contributed by atoms with van der Waals surface area (Å²) in [6, 6.07) is 0.905. The summed E-state index contributed by atoms with van der Waals surface area (Å²) in [7, 11) is 0. The van der Waals surface area contributed by atoms with Crippen molar-refractivity contribution in [3.8, 4) is 5.75 Å². The maximum absolute atomic E-state index is 13.5. The predicted octanol–water partition coefficient (Wildman–Crippen LogP) is 2.50. The Morgan fingerprint density at radius 1 is 1.29 bits per heavy atom. The van der Waals surface area contributed by atoms with Gasteiger partial charge >= 0.3 is 0 Å². The lowest BCUT2D eigenvalue weighted by molar-refractivity contribution is 0.0207. The van der Waals surface area contributed by atoms with Crippen molar-refractivity contribution in [3.05, 3.63) is 29.1 Å². The number of likely N-dealkylation sites (N-methyl/N-ethyl adjacent to an activating group) is 1. The van der Waals surface area contributed by atoms with E-state index < -0.39 is 17.5 Å². The first-order valence-electron chi connectivity index (χ1n) is 5.56. The van der Waals surface area contributed by atoms with Crippen molar-refractivity contribution < 1.29 is 17.9 Å². The molecule has 1 aliphatic heterocycles. The lowest BCUT2D eigenvalue weighted by atomic mass is 10.1. The highest BCUT2D eigenvalue weighted by Gasteiger charge is 2.28. The Kier molecular flexibility index (Phi) is 3.28. The Morgan fingerprint density at radius 2 is 1.94 bits per heavy atom. The van der Waals surface area contributed by atoms with Crippen molar-refractivity contribution in [3.63, 3.8) is 0 Å². The van der Waals surface area contributed by atoms with E-state index in [1.807, 2.05) is 6.92 Å². The van der Waals surface area contributed by atoms with Gasteiger partial charge in [-0.15, -0.1) is 0 Å². The quantitative estimate of drug-likeness (QED) is 0.759. The number of likely N-dealkylation sites (tertiary alicyclic amines) is 1. The number of nitrogens with zero attached hydrogens (tertiary/aromatic N) is 1. The molecule has 0 atom stereocenters. The van der Waals surface area contributed by atoms with Gasteiger partial charge in [0.1, 0.15) is 11.9 Å². The van der Waals surface area contributed by atoms with E-state index in [9.17, 15) is 13.2 Å². The van der Waals surface area contributed by atoms with Crippen LogP contribution in [0, 0.1) is 24.4 Å². The number of benzene rings is 1. The van der Waals surface area contributed by atoms with Crippen molar-refractivity contribution in [2.24, 2.45) is 0 Å². The van der Waals surface area contributed by atoms with Gasteiger partial charge in [0.05, 0.1) is 0 Å². The Labute approximate surface area is 98.0 Å². The third-order valence-electron chi connectivity index (χ3n) is 3.02. The van der Waals surface area contributed by atoms with Crippen LogP contribution < -0.4 is 4.74 Å². The molecule has 1 aromatic carbocycles. The van der Waals surface area contributed by atoms with Gasteiger partial charge in [-0.3, -0.25) is 4.90 Å². The predicted molar refractivity (Wildman–Crippen MR) is 57.6 cm³/mol. The zero-order valence-corrected chi connectivity index (χ0v) is 9.77. The summed E-state index contributed by atoms with van der Waals surface area (Å²) in [5, 5.41) is 0. The van der Waals surface area contributed by atoms with Crippen molar-refractivity contribution >= 4 is 0 Å². The molecule has 5 heteroatoms. The van der Waals surface area contributed by atoms with Crippen LogP contribution in [0.5, 0.6) is 5.75 Å². The molecule has 17 heavy (non-hydrogen) atoms. The molecule has 2 rings (SSSR count). The van der Waals surface area contributed by atoms with E-state index in [2.05, 4.69) is 4.90 Å². The van der Waals surface area contributed by atoms with Crippen molar-refractivity contribution in [1.29, 1.82) is 0 Å². The molecule has 0 aliphatic carbocycles. The van der Waals surface area contributed by atoms with Gasteiger partial charge in [-0.05, 0) is 13.5 Å². The monoisotopic (exact) mass is 245 g/mol. The highest BCUT2D eigenvalue weighted by atomic mass is 19.2. The second-order valence-corrected chi connectivity index (χ2v) is 4.20. The summed E-state index contributed by atoms with van der Waals surface area (Å²) in [4.78, 5) is 2.09. The maximum Gasteiger partial charge on any atom is 0.201 e. The van der Waals surface area contributed by atoms with Crippen LogP contribution in [0.4, 0.5) is 13.2 Å². The standard InChI is InChI=1S/C12H14F3NO/c1-3-16-5-8(6-16)17-10-4-9(13)7(2)11(14)12(10)15/h4,8H,3,5-6H2,1-2H3. The van der Waals surface area contributed by atoms with Crippen LogP contribution in [0.25, 0.3) is 0 Å². The average Bonchev–Trinajstić information content (AvgIpc) is 2.26. The number of hydrogen-bond donors (Lipinski definition) is 0. The molecule has 1 saturated heterocycles. The van der Waals surface area contributed by atoms with Gasteiger partial charge in [0.2, 0.25) is 5.82 Å². The molecule has 0 radical (unpaired) electrons. The van der Waals surface area contributed by atoms with Crippen molar-refractivity contribution in [2.75, 3.05) is 19.6 Å². The highest BCUT2D eigenvalue weighted by Crippen LogP contribution is 2.27. The van der Waals surface area contributed by atoms with Crippen LogP contribution in [0.2, 0.25) is 0 Å². The Balaban J connectivity index is 2.12. The summed E-state index contributed by atoms with van der Waals surface area (Å²) in [6.45, 7) is 5.40. The minimum atomic E-state index is -1.17. The molecule has 0 unspecified atom stereocenters. The summed E-state index contributed by atoms with van der Waals surface area (Å²) in [5.41, 5.74) is -0.321. The molecule has 0 N–H and O–H groups in total. The van der Waals surface area contributed by atoms with Crippen LogP contribution in [0.15, 0.2) is 6.07 Å². The zero-order valence-electron chi connectivity index (χ0n) is 9.77. The molecular formula is C12H14F3NO.